The summed E-state index contributed by atoms with van der Waals surface area (Å²) >= 11 is 0. The van der Waals surface area contributed by atoms with E-state index in [1.807, 2.05) is 24.3 Å². The molecule has 34 heavy (non-hydrogen) atoms. The summed E-state index contributed by atoms with van der Waals surface area (Å²) in [6.07, 6.45) is 7.44. The van der Waals surface area contributed by atoms with Crippen LogP contribution in [0.1, 0.15) is 42.5 Å². The van der Waals surface area contributed by atoms with Gasteiger partial charge in [0.05, 0.1) is 0 Å². The molecule has 2 aromatic carbocycles. The number of hydrogen-bond acceptors (Lipinski definition) is 4. The molecule has 0 spiro atoms. The number of piperazine rings is 1. The van der Waals surface area contributed by atoms with Gasteiger partial charge >= 0.3 is 11.9 Å². The van der Waals surface area contributed by atoms with Crippen LogP contribution in [-0.4, -0.2) is 70.1 Å². The van der Waals surface area contributed by atoms with Gasteiger partial charge in [-0.25, -0.2) is 9.59 Å². The van der Waals surface area contributed by atoms with Crippen LogP contribution < -0.4 is 0 Å². The van der Waals surface area contributed by atoms with Gasteiger partial charge in [-0.15, -0.1) is 0 Å². The molecule has 4 bridgehead atoms. The van der Waals surface area contributed by atoms with Crippen molar-refractivity contribution in [3.05, 3.63) is 48.0 Å². The minimum Gasteiger partial charge on any atom is -0.473 e. The SMILES string of the molecule is O=C(O)C(=O)O.O=C(c1cccc2ccccc12)N1CCN(C2C3CC4CC(C3)CC2C4)CC1. The number of carbonyl (C=O) groups excluding carboxylic acids is 1. The van der Waals surface area contributed by atoms with E-state index in [1.165, 1.54) is 32.1 Å². The zero-order chi connectivity index (χ0) is 23.8. The van der Waals surface area contributed by atoms with Crippen LogP contribution in [0.4, 0.5) is 0 Å². The third-order valence-corrected chi connectivity index (χ3v) is 8.40. The third kappa shape index (κ3) is 4.41. The number of nitrogens with zero attached hydrogens (tertiary/aromatic N) is 2. The molecule has 1 heterocycles. The molecule has 0 aromatic heterocycles. The molecule has 7 heteroatoms. The molecule has 1 saturated heterocycles. The Morgan fingerprint density at radius 3 is 1.85 bits per heavy atom. The Bertz CT molecular complexity index is 1050. The number of amides is 1. The van der Waals surface area contributed by atoms with Gasteiger partial charge in [-0.3, -0.25) is 9.69 Å². The Balaban J connectivity index is 0.000000360. The number of carbonyl (C=O) groups is 3. The lowest BCUT2D eigenvalue weighted by Crippen LogP contribution is -2.60. The van der Waals surface area contributed by atoms with Gasteiger partial charge in [0, 0.05) is 37.8 Å². The predicted molar refractivity (Wildman–Crippen MR) is 128 cm³/mol. The molecule has 2 aromatic rings. The van der Waals surface area contributed by atoms with Gasteiger partial charge in [-0.1, -0.05) is 36.4 Å². The lowest BCUT2D eigenvalue weighted by Gasteiger charge is -2.58. The van der Waals surface area contributed by atoms with Gasteiger partial charge < -0.3 is 15.1 Å². The van der Waals surface area contributed by atoms with Crippen molar-refractivity contribution < 1.29 is 24.6 Å². The monoisotopic (exact) mass is 464 g/mol. The predicted octanol–water partition coefficient (Wildman–Crippen LogP) is 3.58. The van der Waals surface area contributed by atoms with Crippen molar-refractivity contribution in [1.82, 2.24) is 9.80 Å². The van der Waals surface area contributed by atoms with E-state index in [0.717, 1.165) is 72.2 Å². The van der Waals surface area contributed by atoms with Crippen molar-refractivity contribution in [2.45, 2.75) is 38.1 Å². The molecule has 1 amide bonds. The fourth-order valence-corrected chi connectivity index (χ4v) is 7.30. The van der Waals surface area contributed by atoms with Gasteiger partial charge in [-0.05, 0) is 72.6 Å². The topological polar surface area (TPSA) is 98.1 Å². The number of carboxylic acids is 2. The fourth-order valence-electron chi connectivity index (χ4n) is 7.30. The number of benzene rings is 2. The van der Waals surface area contributed by atoms with Crippen LogP contribution in [0.25, 0.3) is 10.8 Å². The summed E-state index contributed by atoms with van der Waals surface area (Å²) < 4.78 is 0. The van der Waals surface area contributed by atoms with E-state index < -0.39 is 11.9 Å². The lowest BCUT2D eigenvalue weighted by molar-refractivity contribution is -0.159. The molecule has 1 aliphatic heterocycles. The first-order valence-electron chi connectivity index (χ1n) is 12.4. The van der Waals surface area contributed by atoms with Crippen LogP contribution in [0.3, 0.4) is 0 Å². The second-order valence-corrected chi connectivity index (χ2v) is 10.4. The van der Waals surface area contributed by atoms with E-state index in [-0.39, 0.29) is 5.91 Å². The Morgan fingerprint density at radius 2 is 1.26 bits per heavy atom. The van der Waals surface area contributed by atoms with Crippen LogP contribution in [0.5, 0.6) is 0 Å². The fraction of sp³-hybridized carbons (Fsp3) is 0.519. The first-order chi connectivity index (χ1) is 16.4. The highest BCUT2D eigenvalue weighted by molar-refractivity contribution is 6.27. The van der Waals surface area contributed by atoms with Gasteiger partial charge in [0.25, 0.3) is 5.91 Å². The van der Waals surface area contributed by atoms with E-state index in [4.69, 9.17) is 19.8 Å². The quantitative estimate of drug-likeness (QED) is 0.660. The van der Waals surface area contributed by atoms with E-state index >= 15 is 0 Å². The molecule has 180 valence electrons. The second-order valence-electron chi connectivity index (χ2n) is 10.4. The van der Waals surface area contributed by atoms with Crippen molar-refractivity contribution in [3.8, 4) is 0 Å². The Hall–Kier alpha value is -2.93. The molecular formula is C27H32N2O5. The zero-order valence-corrected chi connectivity index (χ0v) is 19.3. The number of hydrogen-bond donors (Lipinski definition) is 2. The van der Waals surface area contributed by atoms with Gasteiger partial charge in [0.1, 0.15) is 0 Å². The third-order valence-electron chi connectivity index (χ3n) is 8.40. The molecule has 2 N–H and O–H groups in total. The Kier molecular flexibility index (Phi) is 6.30. The largest absolute Gasteiger partial charge is 0.473 e. The first kappa shape index (κ1) is 22.8. The summed E-state index contributed by atoms with van der Waals surface area (Å²) in [7, 11) is 0. The summed E-state index contributed by atoms with van der Waals surface area (Å²) in [6, 6.07) is 15.2. The molecule has 7 rings (SSSR count). The van der Waals surface area contributed by atoms with E-state index in [1.54, 1.807) is 0 Å². The second kappa shape index (κ2) is 9.37. The van der Waals surface area contributed by atoms with Crippen LogP contribution in [-0.2, 0) is 9.59 Å². The number of carboxylic acid groups (broad SMARTS) is 2. The number of fused-ring (bicyclic) bond motifs is 1. The standard InChI is InChI=1S/C25H30N2O.C2H2O4/c28-25(23-7-3-5-19-4-1-2-6-22(19)23)27-10-8-26(9-11-27)24-20-13-17-12-18(15-20)16-21(24)14-17;3-1(4)2(5)6/h1-7,17-18,20-21,24H,8-16H2;(H,3,4)(H,5,6). The molecular weight excluding hydrogens is 432 g/mol. The van der Waals surface area contributed by atoms with Crippen molar-refractivity contribution in [3.63, 3.8) is 0 Å². The van der Waals surface area contributed by atoms with Crippen molar-refractivity contribution in [2.75, 3.05) is 26.2 Å². The van der Waals surface area contributed by atoms with E-state index in [0.29, 0.717) is 0 Å². The summed E-state index contributed by atoms with van der Waals surface area (Å²) in [6.45, 7) is 3.88. The molecule has 4 aliphatic carbocycles. The normalized spacial score (nSPS) is 30.0. The van der Waals surface area contributed by atoms with Crippen LogP contribution >= 0.6 is 0 Å². The highest BCUT2D eigenvalue weighted by Crippen LogP contribution is 2.55. The van der Waals surface area contributed by atoms with Gasteiger partial charge in [0.2, 0.25) is 0 Å². The summed E-state index contributed by atoms with van der Waals surface area (Å²) in [5, 5.41) is 17.0. The summed E-state index contributed by atoms with van der Waals surface area (Å²) in [5.41, 5.74) is 0.862. The molecule has 0 atom stereocenters. The summed E-state index contributed by atoms with van der Waals surface area (Å²) in [5.74, 6) is 0.514. The lowest BCUT2D eigenvalue weighted by atomic mass is 9.54. The van der Waals surface area contributed by atoms with Crippen LogP contribution in [0.15, 0.2) is 42.5 Å². The van der Waals surface area contributed by atoms with Crippen molar-refractivity contribution in [2.24, 2.45) is 23.7 Å². The molecule has 5 aliphatic rings. The van der Waals surface area contributed by atoms with E-state index in [2.05, 4.69) is 28.0 Å². The minimum absolute atomic E-state index is 0.210. The average Bonchev–Trinajstić information content (AvgIpc) is 2.83. The Labute approximate surface area is 199 Å². The summed E-state index contributed by atoms with van der Waals surface area (Å²) in [4.78, 5) is 36.3. The average molecular weight is 465 g/mol. The maximum Gasteiger partial charge on any atom is 0.414 e. The number of rotatable bonds is 2. The Morgan fingerprint density at radius 1 is 0.706 bits per heavy atom. The van der Waals surface area contributed by atoms with Crippen LogP contribution in [0, 0.1) is 23.7 Å². The van der Waals surface area contributed by atoms with Crippen LogP contribution in [0.2, 0.25) is 0 Å². The highest BCUT2D eigenvalue weighted by Gasteiger charge is 2.50. The molecule has 7 nitrogen and oxygen atoms in total. The molecule has 5 fully saturated rings. The first-order valence-corrected chi connectivity index (χ1v) is 12.4. The molecule has 0 radical (unpaired) electrons. The molecule has 0 unspecified atom stereocenters. The minimum atomic E-state index is -1.82. The van der Waals surface area contributed by atoms with Crippen molar-refractivity contribution in [1.29, 1.82) is 0 Å². The number of aliphatic carboxylic acids is 2. The maximum absolute atomic E-state index is 13.2. The highest BCUT2D eigenvalue weighted by atomic mass is 16.4. The van der Waals surface area contributed by atoms with Crippen molar-refractivity contribution >= 4 is 28.6 Å². The van der Waals surface area contributed by atoms with Gasteiger partial charge in [-0.2, -0.15) is 0 Å². The molecule has 4 saturated carbocycles. The zero-order valence-electron chi connectivity index (χ0n) is 19.3. The van der Waals surface area contributed by atoms with E-state index in [9.17, 15) is 4.79 Å². The maximum atomic E-state index is 13.2. The smallest absolute Gasteiger partial charge is 0.414 e. The van der Waals surface area contributed by atoms with Gasteiger partial charge in [0.15, 0.2) is 0 Å².